The van der Waals surface area contributed by atoms with Gasteiger partial charge in [-0.15, -0.1) is 0 Å². The number of nitrogens with zero attached hydrogens (tertiary/aromatic N) is 3. The smallest absolute Gasteiger partial charge is 0.229 e. The normalized spacial score (nSPS) is 14.5. The van der Waals surface area contributed by atoms with Crippen molar-refractivity contribution in [3.63, 3.8) is 0 Å². The third-order valence-electron chi connectivity index (χ3n) is 4.48. The van der Waals surface area contributed by atoms with Crippen LogP contribution in [0.25, 0.3) is 11.0 Å². The number of aryl methyl sites for hydroxylation is 3. The third kappa shape index (κ3) is 2.82. The van der Waals surface area contributed by atoms with Gasteiger partial charge < -0.3 is 15.2 Å². The quantitative estimate of drug-likeness (QED) is 0.758. The van der Waals surface area contributed by atoms with Crippen LogP contribution in [-0.2, 0) is 0 Å². The van der Waals surface area contributed by atoms with Crippen molar-refractivity contribution in [2.24, 2.45) is 0 Å². The fourth-order valence-electron chi connectivity index (χ4n) is 3.47. The van der Waals surface area contributed by atoms with Gasteiger partial charge in [-0.25, -0.2) is 0 Å². The summed E-state index contributed by atoms with van der Waals surface area (Å²) in [5.74, 6) is 1.69. The second-order valence-electron chi connectivity index (χ2n) is 6.78. The molecule has 1 aromatic carbocycles. The Bertz CT molecular complexity index is 870. The summed E-state index contributed by atoms with van der Waals surface area (Å²) in [7, 11) is 0. The van der Waals surface area contributed by atoms with E-state index < -0.39 is 0 Å². The van der Waals surface area contributed by atoms with Gasteiger partial charge in [0.05, 0.1) is 5.39 Å². The van der Waals surface area contributed by atoms with Crippen molar-refractivity contribution in [3.8, 4) is 0 Å². The minimum atomic E-state index is 0.814. The monoisotopic (exact) mass is 321 g/mol. The summed E-state index contributed by atoms with van der Waals surface area (Å²) in [6.07, 6.45) is 2.43. The zero-order valence-corrected chi connectivity index (χ0v) is 14.5. The van der Waals surface area contributed by atoms with E-state index in [0.29, 0.717) is 0 Å². The summed E-state index contributed by atoms with van der Waals surface area (Å²) in [5.41, 5.74) is 5.55. The molecule has 3 aromatic rings. The highest BCUT2D eigenvalue weighted by Gasteiger charge is 2.18. The van der Waals surface area contributed by atoms with Crippen molar-refractivity contribution in [1.82, 2.24) is 15.0 Å². The van der Waals surface area contributed by atoms with Crippen LogP contribution in [-0.4, -0.2) is 28.0 Å². The van der Waals surface area contributed by atoms with E-state index in [4.69, 9.17) is 9.97 Å². The molecule has 0 unspecified atom stereocenters. The van der Waals surface area contributed by atoms with Crippen molar-refractivity contribution < 1.29 is 0 Å². The first-order chi connectivity index (χ1) is 11.6. The number of hydrogen-bond acceptors (Lipinski definition) is 4. The Morgan fingerprint density at radius 3 is 2.38 bits per heavy atom. The van der Waals surface area contributed by atoms with E-state index in [2.05, 4.69) is 60.2 Å². The molecule has 3 heterocycles. The molecule has 1 saturated heterocycles. The van der Waals surface area contributed by atoms with Gasteiger partial charge in [-0.2, -0.15) is 9.97 Å². The molecule has 2 N–H and O–H groups in total. The first-order valence-corrected chi connectivity index (χ1v) is 8.56. The average molecular weight is 321 g/mol. The maximum atomic E-state index is 4.83. The van der Waals surface area contributed by atoms with Crippen LogP contribution in [0, 0.1) is 20.8 Å². The summed E-state index contributed by atoms with van der Waals surface area (Å²) in [4.78, 5) is 15.2. The van der Waals surface area contributed by atoms with Crippen molar-refractivity contribution >= 4 is 28.5 Å². The van der Waals surface area contributed by atoms with Crippen molar-refractivity contribution in [3.05, 3.63) is 41.1 Å². The van der Waals surface area contributed by atoms with Gasteiger partial charge in [0.25, 0.3) is 0 Å². The fraction of sp³-hybridized carbons (Fsp3) is 0.368. The van der Waals surface area contributed by atoms with E-state index in [1.807, 2.05) is 0 Å². The van der Waals surface area contributed by atoms with Crippen LogP contribution in [0.2, 0.25) is 0 Å². The molecule has 1 fully saturated rings. The summed E-state index contributed by atoms with van der Waals surface area (Å²) in [6.45, 7) is 8.36. The van der Waals surface area contributed by atoms with Crippen molar-refractivity contribution in [2.45, 2.75) is 33.6 Å². The minimum absolute atomic E-state index is 0.814. The van der Waals surface area contributed by atoms with Crippen molar-refractivity contribution in [1.29, 1.82) is 0 Å². The highest BCUT2D eigenvalue weighted by Crippen LogP contribution is 2.28. The van der Waals surface area contributed by atoms with E-state index in [-0.39, 0.29) is 0 Å². The molecule has 4 rings (SSSR count). The molecular weight excluding hydrogens is 298 g/mol. The third-order valence-corrected chi connectivity index (χ3v) is 4.48. The Labute approximate surface area is 142 Å². The van der Waals surface area contributed by atoms with Gasteiger partial charge in [0.15, 0.2) is 0 Å². The molecule has 0 aliphatic carbocycles. The Balaban J connectivity index is 1.79. The topological polar surface area (TPSA) is 56.8 Å². The van der Waals surface area contributed by atoms with Crippen LogP contribution in [0.1, 0.15) is 29.7 Å². The van der Waals surface area contributed by atoms with Gasteiger partial charge in [-0.3, -0.25) is 0 Å². The predicted octanol–water partition coefficient (Wildman–Crippen LogP) is 4.23. The largest absolute Gasteiger partial charge is 0.343 e. The Morgan fingerprint density at radius 1 is 0.958 bits per heavy atom. The number of aromatic amines is 1. The first kappa shape index (κ1) is 15.0. The first-order valence-electron chi connectivity index (χ1n) is 8.56. The lowest BCUT2D eigenvalue weighted by molar-refractivity contribution is 0.907. The minimum Gasteiger partial charge on any atom is -0.343 e. The van der Waals surface area contributed by atoms with Gasteiger partial charge in [-0.05, 0) is 62.9 Å². The van der Waals surface area contributed by atoms with Crippen LogP contribution in [0.4, 0.5) is 17.5 Å². The van der Waals surface area contributed by atoms with Crippen LogP contribution in [0.5, 0.6) is 0 Å². The van der Waals surface area contributed by atoms with Gasteiger partial charge >= 0.3 is 0 Å². The molecule has 0 amide bonds. The molecule has 0 atom stereocenters. The molecule has 5 nitrogen and oxygen atoms in total. The van der Waals surface area contributed by atoms with Gasteiger partial charge in [0, 0.05) is 24.5 Å². The maximum Gasteiger partial charge on any atom is 0.229 e. The lowest BCUT2D eigenvalue weighted by Gasteiger charge is -2.17. The number of rotatable bonds is 3. The SMILES string of the molecule is Cc1cc(C)cc(Nc2nc(N3CCCC3)nc3[nH]c(C)cc23)c1. The van der Waals surface area contributed by atoms with Crippen LogP contribution >= 0.6 is 0 Å². The maximum absolute atomic E-state index is 4.83. The number of anilines is 3. The van der Waals surface area contributed by atoms with Crippen LogP contribution in [0.3, 0.4) is 0 Å². The highest BCUT2D eigenvalue weighted by atomic mass is 15.3. The zero-order valence-electron chi connectivity index (χ0n) is 14.5. The molecular formula is C19H23N5. The van der Waals surface area contributed by atoms with Gasteiger partial charge in [0.2, 0.25) is 5.95 Å². The molecule has 5 heteroatoms. The molecule has 124 valence electrons. The fourth-order valence-corrected chi connectivity index (χ4v) is 3.47. The molecule has 1 aliphatic rings. The number of fused-ring (bicyclic) bond motifs is 1. The van der Waals surface area contributed by atoms with E-state index >= 15 is 0 Å². The van der Waals surface area contributed by atoms with Gasteiger partial charge in [0.1, 0.15) is 11.5 Å². The highest BCUT2D eigenvalue weighted by molar-refractivity contribution is 5.90. The molecule has 0 spiro atoms. The van der Waals surface area contributed by atoms with E-state index in [9.17, 15) is 0 Å². The van der Waals surface area contributed by atoms with Crippen LogP contribution < -0.4 is 10.2 Å². The zero-order chi connectivity index (χ0) is 16.7. The van der Waals surface area contributed by atoms with Gasteiger partial charge in [-0.1, -0.05) is 6.07 Å². The summed E-state index contributed by atoms with van der Waals surface area (Å²) >= 11 is 0. The Hall–Kier alpha value is -2.56. The number of hydrogen-bond donors (Lipinski definition) is 2. The second-order valence-corrected chi connectivity index (χ2v) is 6.78. The van der Waals surface area contributed by atoms with Crippen molar-refractivity contribution in [2.75, 3.05) is 23.3 Å². The Kier molecular flexibility index (Phi) is 3.63. The summed E-state index contributed by atoms with van der Waals surface area (Å²) in [5, 5.41) is 4.54. The summed E-state index contributed by atoms with van der Waals surface area (Å²) < 4.78 is 0. The van der Waals surface area contributed by atoms with E-state index in [1.54, 1.807) is 0 Å². The molecule has 1 aliphatic heterocycles. The lowest BCUT2D eigenvalue weighted by Crippen LogP contribution is -2.20. The number of benzene rings is 1. The van der Waals surface area contributed by atoms with E-state index in [1.165, 1.54) is 24.0 Å². The average Bonchev–Trinajstić information content (AvgIpc) is 3.14. The molecule has 0 bridgehead atoms. The number of aromatic nitrogens is 3. The molecule has 24 heavy (non-hydrogen) atoms. The molecule has 0 saturated carbocycles. The van der Waals surface area contributed by atoms with E-state index in [0.717, 1.165) is 47.3 Å². The number of nitrogens with one attached hydrogen (secondary N) is 2. The lowest BCUT2D eigenvalue weighted by atomic mass is 10.1. The second kappa shape index (κ2) is 5.82. The summed E-state index contributed by atoms with van der Waals surface area (Å²) in [6, 6.07) is 8.58. The molecule has 2 aromatic heterocycles. The standard InChI is InChI=1S/C19H23N5/c1-12-8-13(2)10-15(9-12)21-18-16-11-14(3)20-17(16)22-19(23-18)24-6-4-5-7-24/h8-11H,4-7H2,1-3H3,(H2,20,21,22,23). The Morgan fingerprint density at radius 2 is 1.67 bits per heavy atom. The molecule has 0 radical (unpaired) electrons. The van der Waals surface area contributed by atoms with Crippen LogP contribution in [0.15, 0.2) is 24.3 Å². The number of H-pyrrole nitrogens is 1. The predicted molar refractivity (Wildman–Crippen MR) is 99.3 cm³/mol.